The molecule has 0 aliphatic heterocycles. The molecule has 0 fully saturated rings. The van der Waals surface area contributed by atoms with Gasteiger partial charge >= 0.3 is 11.1 Å². The number of nitrogens with zero attached hydrogens (tertiary/aromatic N) is 2. The number of ether oxygens (including phenoxy) is 1. The Morgan fingerprint density at radius 2 is 2.25 bits per heavy atom. The molecule has 0 aliphatic rings. The summed E-state index contributed by atoms with van der Waals surface area (Å²) in [5.74, 6) is 0.0266. The van der Waals surface area contributed by atoms with Crippen LogP contribution in [0.15, 0.2) is 11.2 Å². The van der Waals surface area contributed by atoms with Gasteiger partial charge in [-0.25, -0.2) is 4.57 Å². The van der Waals surface area contributed by atoms with E-state index in [4.69, 9.17) is 4.74 Å². The van der Waals surface area contributed by atoms with E-state index in [9.17, 15) is 9.59 Å². The maximum Gasteiger partial charge on any atom is 0.359 e. The Morgan fingerprint density at radius 3 is 2.90 bits per heavy atom. The van der Waals surface area contributed by atoms with Gasteiger partial charge < -0.3 is 9.53 Å². The normalized spacial score (nSPS) is 12.2. The number of hydrogen-bond donors (Lipinski definition) is 1. The quantitative estimate of drug-likeness (QED) is 0.202. The molecule has 0 aromatic carbocycles. The van der Waals surface area contributed by atoms with Crippen LogP contribution < -0.4 is 4.57 Å². The lowest BCUT2D eigenvalue weighted by Crippen LogP contribution is -2.36. The molecule has 0 saturated heterocycles. The van der Waals surface area contributed by atoms with Crippen molar-refractivity contribution < 1.29 is 18.9 Å². The number of carbonyl (C=O) groups excluding carboxylic acids is 1. The molecule has 0 spiro atoms. The Hall–Kier alpha value is -0.923. The number of aryl methyl sites for hydroxylation is 2. The van der Waals surface area contributed by atoms with Gasteiger partial charge in [0.1, 0.15) is 11.4 Å². The first-order valence-corrected chi connectivity index (χ1v) is 10.2. The zero-order valence-electron chi connectivity index (χ0n) is 12.5. The van der Waals surface area contributed by atoms with Crippen LogP contribution in [-0.2, 0) is 16.6 Å². The Labute approximate surface area is 126 Å². The third-order valence-electron chi connectivity index (χ3n) is 2.85. The molecule has 1 unspecified atom stereocenters. The molecule has 0 aliphatic carbocycles. The molecule has 1 heterocycles. The number of aromatic nitrogens is 2. The third kappa shape index (κ3) is 6.02. The van der Waals surface area contributed by atoms with Gasteiger partial charge in [-0.2, -0.15) is 0 Å². The molecule has 7 heteroatoms. The van der Waals surface area contributed by atoms with Crippen molar-refractivity contribution in [3.8, 4) is 0 Å². The lowest BCUT2D eigenvalue weighted by atomic mass is 10.3. The molecule has 0 radical (unpaired) electrons. The van der Waals surface area contributed by atoms with Crippen molar-refractivity contribution in [2.45, 2.75) is 38.0 Å². The summed E-state index contributed by atoms with van der Waals surface area (Å²) >= 11 is 1.38. The van der Waals surface area contributed by atoms with Crippen molar-refractivity contribution >= 4 is 26.8 Å². The topological polar surface area (TPSA) is 63.3 Å². The van der Waals surface area contributed by atoms with Crippen LogP contribution in [0.25, 0.3) is 0 Å². The van der Waals surface area contributed by atoms with Crippen LogP contribution >= 0.6 is 11.8 Å². The average molecular weight is 315 g/mol. The first kappa shape index (κ1) is 17.1. The zero-order valence-corrected chi connectivity index (χ0v) is 14.5. The second-order valence-electron chi connectivity index (χ2n) is 4.88. The zero-order chi connectivity index (χ0) is 15.1. The van der Waals surface area contributed by atoms with Crippen LogP contribution in [-0.4, -0.2) is 37.1 Å². The molecule has 1 rings (SSSR count). The minimum absolute atomic E-state index is 0.233. The molecule has 1 aromatic heterocycles. The SMILES string of the molecule is Cc1cc(C)[n+](C)c(SCC(=O)OCCC[SiH](C)O)n1. The van der Waals surface area contributed by atoms with E-state index in [1.807, 2.05) is 38.1 Å². The molecule has 1 aromatic rings. The first-order chi connectivity index (χ1) is 9.40. The Balaban J connectivity index is 2.38. The van der Waals surface area contributed by atoms with E-state index in [0.29, 0.717) is 6.61 Å². The largest absolute Gasteiger partial charge is 0.465 e. The molecule has 1 atom stereocenters. The summed E-state index contributed by atoms with van der Waals surface area (Å²) < 4.78 is 7.09. The standard InChI is InChI=1S/C13H23N2O3SSi/c1-10-8-11(2)15(3)13(14-10)19-9-12(16)18-6-5-7-20(4)17/h8,17,20H,5-7,9H2,1-4H3/q+1. The van der Waals surface area contributed by atoms with Gasteiger partial charge in [0.2, 0.25) is 0 Å². The maximum atomic E-state index is 11.6. The molecular weight excluding hydrogens is 292 g/mol. The lowest BCUT2D eigenvalue weighted by Gasteiger charge is -2.05. The van der Waals surface area contributed by atoms with Crippen LogP contribution in [0.1, 0.15) is 17.8 Å². The number of thioether (sulfide) groups is 1. The number of hydrogen-bond acceptors (Lipinski definition) is 5. The van der Waals surface area contributed by atoms with E-state index in [1.54, 1.807) is 0 Å². The summed E-state index contributed by atoms with van der Waals surface area (Å²) in [6.45, 7) is 6.21. The van der Waals surface area contributed by atoms with E-state index in [1.165, 1.54) is 11.8 Å². The Bertz CT molecular complexity index is 469. The summed E-state index contributed by atoms with van der Waals surface area (Å²) in [5, 5.41) is 0.816. The average Bonchev–Trinajstić information content (AvgIpc) is 2.37. The molecule has 0 saturated carbocycles. The van der Waals surface area contributed by atoms with Gasteiger partial charge in [0, 0.05) is 13.0 Å². The highest BCUT2D eigenvalue weighted by Gasteiger charge is 2.16. The molecule has 0 bridgehead atoms. The Kier molecular flexibility index (Phi) is 7.18. The fourth-order valence-electron chi connectivity index (χ4n) is 1.67. The number of carbonyl (C=O) groups is 1. The second kappa shape index (κ2) is 8.38. The van der Waals surface area contributed by atoms with E-state index < -0.39 is 9.04 Å². The monoisotopic (exact) mass is 315 g/mol. The van der Waals surface area contributed by atoms with Gasteiger partial charge in [-0.1, -0.05) is 0 Å². The highest BCUT2D eigenvalue weighted by molar-refractivity contribution is 7.99. The second-order valence-corrected chi connectivity index (χ2v) is 8.10. The summed E-state index contributed by atoms with van der Waals surface area (Å²) in [6, 6.07) is 2.79. The minimum Gasteiger partial charge on any atom is -0.465 e. The molecule has 5 nitrogen and oxygen atoms in total. The van der Waals surface area contributed by atoms with Crippen LogP contribution in [0.4, 0.5) is 0 Å². The highest BCUT2D eigenvalue weighted by Crippen LogP contribution is 2.12. The van der Waals surface area contributed by atoms with Gasteiger partial charge in [-0.3, -0.25) is 4.79 Å². The van der Waals surface area contributed by atoms with Gasteiger partial charge in [0.15, 0.2) is 14.7 Å². The Morgan fingerprint density at radius 1 is 1.55 bits per heavy atom. The summed E-state index contributed by atoms with van der Waals surface area (Å²) in [5.41, 5.74) is 2.05. The predicted octanol–water partition coefficient (Wildman–Crippen LogP) is 0.894. The van der Waals surface area contributed by atoms with Crippen molar-refractivity contribution in [3.63, 3.8) is 0 Å². The van der Waals surface area contributed by atoms with Crippen molar-refractivity contribution in [1.29, 1.82) is 0 Å². The van der Waals surface area contributed by atoms with Gasteiger partial charge in [-0.15, -0.1) is 0 Å². The molecular formula is C13H23N2O3SSi+. The van der Waals surface area contributed by atoms with E-state index in [0.717, 1.165) is 29.0 Å². The molecule has 112 valence electrons. The first-order valence-electron chi connectivity index (χ1n) is 6.71. The van der Waals surface area contributed by atoms with Crippen molar-refractivity contribution in [2.24, 2.45) is 7.05 Å². The number of rotatable bonds is 7. The fourth-order valence-corrected chi connectivity index (χ4v) is 3.30. The minimum atomic E-state index is -1.53. The van der Waals surface area contributed by atoms with Crippen molar-refractivity contribution in [2.75, 3.05) is 12.4 Å². The van der Waals surface area contributed by atoms with Gasteiger partial charge in [0.05, 0.1) is 13.7 Å². The van der Waals surface area contributed by atoms with Gasteiger partial charge in [0.25, 0.3) is 0 Å². The molecule has 1 N–H and O–H groups in total. The fraction of sp³-hybridized carbons (Fsp3) is 0.615. The van der Waals surface area contributed by atoms with Crippen molar-refractivity contribution in [1.82, 2.24) is 4.98 Å². The molecule has 20 heavy (non-hydrogen) atoms. The highest BCUT2D eigenvalue weighted by atomic mass is 32.2. The van der Waals surface area contributed by atoms with Crippen LogP contribution in [0.2, 0.25) is 12.6 Å². The maximum absolute atomic E-state index is 11.6. The van der Waals surface area contributed by atoms with Crippen molar-refractivity contribution in [3.05, 3.63) is 17.5 Å². The summed E-state index contributed by atoms with van der Waals surface area (Å²) in [4.78, 5) is 25.3. The van der Waals surface area contributed by atoms with Crippen LogP contribution in [0.3, 0.4) is 0 Å². The van der Waals surface area contributed by atoms with E-state index >= 15 is 0 Å². The van der Waals surface area contributed by atoms with E-state index in [2.05, 4.69) is 4.98 Å². The third-order valence-corrected chi connectivity index (χ3v) is 5.10. The summed E-state index contributed by atoms with van der Waals surface area (Å²) in [6.07, 6.45) is 0.746. The van der Waals surface area contributed by atoms with E-state index in [-0.39, 0.29) is 11.7 Å². The van der Waals surface area contributed by atoms with Crippen LogP contribution in [0.5, 0.6) is 0 Å². The summed E-state index contributed by atoms with van der Waals surface area (Å²) in [7, 11) is 0.406. The smallest absolute Gasteiger partial charge is 0.359 e. The predicted molar refractivity (Wildman–Crippen MR) is 81.2 cm³/mol. The van der Waals surface area contributed by atoms with Crippen LogP contribution in [0, 0.1) is 13.8 Å². The lowest BCUT2D eigenvalue weighted by molar-refractivity contribution is -0.719. The number of esters is 1. The van der Waals surface area contributed by atoms with Gasteiger partial charge in [-0.05, 0) is 42.7 Å². The molecule has 0 amide bonds.